The maximum atomic E-state index is 12.1. The zero-order chi connectivity index (χ0) is 16.3. The van der Waals surface area contributed by atoms with Crippen molar-refractivity contribution in [2.75, 3.05) is 5.32 Å². The van der Waals surface area contributed by atoms with Crippen molar-refractivity contribution in [3.63, 3.8) is 0 Å². The van der Waals surface area contributed by atoms with Gasteiger partial charge in [-0.15, -0.1) is 0 Å². The molecule has 0 saturated carbocycles. The minimum atomic E-state index is -0.472. The van der Waals surface area contributed by atoms with Gasteiger partial charge in [0.1, 0.15) is 5.75 Å². The molecule has 0 aliphatic heterocycles. The Morgan fingerprint density at radius 3 is 2.32 bits per heavy atom. The van der Waals surface area contributed by atoms with Gasteiger partial charge in [0, 0.05) is 11.3 Å². The van der Waals surface area contributed by atoms with Crippen molar-refractivity contribution in [1.82, 2.24) is 0 Å². The van der Waals surface area contributed by atoms with E-state index in [-0.39, 0.29) is 5.41 Å². The van der Waals surface area contributed by atoms with Crippen LogP contribution >= 0.6 is 0 Å². The predicted octanol–water partition coefficient (Wildman–Crippen LogP) is 5.21. The zero-order valence-corrected chi connectivity index (χ0v) is 13.9. The van der Waals surface area contributed by atoms with Gasteiger partial charge in [0.15, 0.2) is 0 Å². The normalized spacial score (nSPS) is 11.1. The molecular weight excluding hydrogens is 274 g/mol. The van der Waals surface area contributed by atoms with Crippen molar-refractivity contribution in [2.24, 2.45) is 0 Å². The van der Waals surface area contributed by atoms with Gasteiger partial charge < -0.3 is 4.74 Å². The van der Waals surface area contributed by atoms with E-state index in [0.717, 1.165) is 22.4 Å². The molecule has 1 amide bonds. The third-order valence-corrected chi connectivity index (χ3v) is 3.41. The highest BCUT2D eigenvalue weighted by Gasteiger charge is 2.20. The average molecular weight is 297 g/mol. The summed E-state index contributed by atoms with van der Waals surface area (Å²) < 4.78 is 5.52. The minimum Gasteiger partial charge on any atom is -0.410 e. The molecule has 0 aliphatic carbocycles. The van der Waals surface area contributed by atoms with Crippen molar-refractivity contribution >= 4 is 11.8 Å². The Bertz CT molecular complexity index is 684. The number of rotatable bonds is 2. The summed E-state index contributed by atoms with van der Waals surface area (Å²) in [6.45, 7) is 10.3. The van der Waals surface area contributed by atoms with E-state index in [1.165, 1.54) is 0 Å². The molecule has 1 N–H and O–H groups in total. The number of benzene rings is 2. The minimum absolute atomic E-state index is 0.0923. The lowest BCUT2D eigenvalue weighted by atomic mass is 9.85. The predicted molar refractivity (Wildman–Crippen MR) is 90.7 cm³/mol. The lowest BCUT2D eigenvalue weighted by molar-refractivity contribution is 0.214. The molecule has 0 aliphatic rings. The molecule has 0 atom stereocenters. The molecule has 0 heterocycles. The summed E-state index contributed by atoms with van der Waals surface area (Å²) >= 11 is 0. The van der Waals surface area contributed by atoms with Gasteiger partial charge in [-0.1, -0.05) is 50.6 Å². The zero-order valence-electron chi connectivity index (χ0n) is 13.9. The first-order valence-electron chi connectivity index (χ1n) is 7.42. The van der Waals surface area contributed by atoms with Gasteiger partial charge in [-0.2, -0.15) is 0 Å². The number of hydrogen-bond acceptors (Lipinski definition) is 2. The molecule has 3 heteroatoms. The summed E-state index contributed by atoms with van der Waals surface area (Å²) in [7, 11) is 0. The third-order valence-electron chi connectivity index (χ3n) is 3.41. The maximum Gasteiger partial charge on any atom is 0.417 e. The summed E-state index contributed by atoms with van der Waals surface area (Å²) in [4.78, 5) is 12.1. The Morgan fingerprint density at radius 2 is 1.68 bits per heavy atom. The van der Waals surface area contributed by atoms with Crippen molar-refractivity contribution in [3.8, 4) is 5.75 Å². The highest BCUT2D eigenvalue weighted by molar-refractivity contribution is 5.86. The molecule has 0 radical (unpaired) electrons. The number of anilines is 1. The van der Waals surface area contributed by atoms with Crippen LogP contribution in [0.15, 0.2) is 42.5 Å². The number of hydrogen-bond donors (Lipinski definition) is 1. The van der Waals surface area contributed by atoms with Gasteiger partial charge in [0.05, 0.1) is 0 Å². The molecule has 0 fully saturated rings. The number of carbonyl (C=O) groups excluding carboxylic acids is 1. The standard InChI is InChI=1S/C19H23NO2/c1-13-7-6-8-15(11-13)20-18(21)22-17-10-9-14(2)12-16(17)19(3,4)5/h6-12H,1-5H3,(H,20,21). The molecular formula is C19H23NO2. The van der Waals surface area contributed by atoms with Gasteiger partial charge >= 0.3 is 6.09 Å². The van der Waals surface area contributed by atoms with E-state index in [2.05, 4.69) is 32.2 Å². The second-order valence-electron chi connectivity index (χ2n) is 6.63. The molecule has 0 aromatic heterocycles. The van der Waals surface area contributed by atoms with Gasteiger partial charge in [-0.3, -0.25) is 5.32 Å². The van der Waals surface area contributed by atoms with Crippen LogP contribution in [0.25, 0.3) is 0 Å². The Labute approximate surface area is 132 Å². The molecule has 2 aromatic carbocycles. The fourth-order valence-corrected chi connectivity index (χ4v) is 2.28. The van der Waals surface area contributed by atoms with E-state index in [9.17, 15) is 4.79 Å². The third kappa shape index (κ3) is 4.10. The molecule has 0 bridgehead atoms. The largest absolute Gasteiger partial charge is 0.417 e. The molecule has 0 spiro atoms. The number of nitrogens with one attached hydrogen (secondary N) is 1. The van der Waals surface area contributed by atoms with E-state index in [4.69, 9.17) is 4.74 Å². The number of amides is 1. The van der Waals surface area contributed by atoms with E-state index < -0.39 is 6.09 Å². The quantitative estimate of drug-likeness (QED) is 0.826. The van der Waals surface area contributed by atoms with E-state index in [1.807, 2.05) is 50.2 Å². The molecule has 3 nitrogen and oxygen atoms in total. The monoisotopic (exact) mass is 297 g/mol. The van der Waals surface area contributed by atoms with Crippen molar-refractivity contribution in [1.29, 1.82) is 0 Å². The first kappa shape index (κ1) is 16.1. The average Bonchev–Trinajstić information content (AvgIpc) is 2.39. The van der Waals surface area contributed by atoms with E-state index >= 15 is 0 Å². The summed E-state index contributed by atoms with van der Waals surface area (Å²) in [6, 6.07) is 13.5. The van der Waals surface area contributed by atoms with E-state index in [0.29, 0.717) is 5.75 Å². The van der Waals surface area contributed by atoms with Gasteiger partial charge in [0.25, 0.3) is 0 Å². The first-order chi connectivity index (χ1) is 10.3. The molecule has 0 saturated heterocycles. The smallest absolute Gasteiger partial charge is 0.410 e. The number of ether oxygens (including phenoxy) is 1. The summed E-state index contributed by atoms with van der Waals surface area (Å²) in [5, 5.41) is 2.76. The van der Waals surface area contributed by atoms with Crippen LogP contribution in [0.2, 0.25) is 0 Å². The van der Waals surface area contributed by atoms with Crippen molar-refractivity contribution in [2.45, 2.75) is 40.0 Å². The van der Waals surface area contributed by atoms with Crippen molar-refractivity contribution < 1.29 is 9.53 Å². The van der Waals surface area contributed by atoms with Crippen LogP contribution in [0.4, 0.5) is 10.5 Å². The summed E-state index contributed by atoms with van der Waals surface area (Å²) in [5.41, 5.74) is 3.89. The Hall–Kier alpha value is -2.29. The lowest BCUT2D eigenvalue weighted by Crippen LogP contribution is -2.20. The number of carbonyl (C=O) groups is 1. The SMILES string of the molecule is Cc1cccc(NC(=O)Oc2ccc(C)cc2C(C)(C)C)c1. The maximum absolute atomic E-state index is 12.1. The van der Waals surface area contributed by atoms with Gasteiger partial charge in [-0.25, -0.2) is 4.79 Å². The first-order valence-corrected chi connectivity index (χ1v) is 7.42. The van der Waals surface area contributed by atoms with Crippen LogP contribution in [0, 0.1) is 13.8 Å². The van der Waals surface area contributed by atoms with Crippen LogP contribution in [-0.4, -0.2) is 6.09 Å². The summed E-state index contributed by atoms with van der Waals surface area (Å²) in [6.07, 6.45) is -0.472. The molecule has 0 unspecified atom stereocenters. The highest BCUT2D eigenvalue weighted by Crippen LogP contribution is 2.32. The van der Waals surface area contributed by atoms with Gasteiger partial charge in [-0.05, 0) is 43.0 Å². The molecule has 116 valence electrons. The van der Waals surface area contributed by atoms with Gasteiger partial charge in [0.2, 0.25) is 0 Å². The topological polar surface area (TPSA) is 38.3 Å². The van der Waals surface area contributed by atoms with Crippen LogP contribution in [0.5, 0.6) is 5.75 Å². The molecule has 2 rings (SSSR count). The van der Waals surface area contributed by atoms with E-state index in [1.54, 1.807) is 0 Å². The van der Waals surface area contributed by atoms with Crippen LogP contribution < -0.4 is 10.1 Å². The second kappa shape index (κ2) is 6.22. The fraction of sp³-hybridized carbons (Fsp3) is 0.316. The highest BCUT2D eigenvalue weighted by atomic mass is 16.6. The van der Waals surface area contributed by atoms with Crippen LogP contribution in [-0.2, 0) is 5.41 Å². The second-order valence-corrected chi connectivity index (χ2v) is 6.63. The number of aryl methyl sites for hydroxylation is 2. The lowest BCUT2D eigenvalue weighted by Gasteiger charge is -2.22. The summed E-state index contributed by atoms with van der Waals surface area (Å²) in [5.74, 6) is 0.600. The molecule has 22 heavy (non-hydrogen) atoms. The fourth-order valence-electron chi connectivity index (χ4n) is 2.28. The Kier molecular flexibility index (Phi) is 4.55. The van der Waals surface area contributed by atoms with Crippen LogP contribution in [0.3, 0.4) is 0 Å². The Balaban J connectivity index is 2.18. The van der Waals surface area contributed by atoms with Crippen molar-refractivity contribution in [3.05, 3.63) is 59.2 Å². The van der Waals surface area contributed by atoms with Crippen LogP contribution in [0.1, 0.15) is 37.5 Å². The Morgan fingerprint density at radius 1 is 1.00 bits per heavy atom. The molecule has 2 aromatic rings.